The molecule has 0 N–H and O–H groups in total. The third-order valence-electron chi connectivity index (χ3n) is 4.69. The molecule has 3 rings (SSSR count). The van der Waals surface area contributed by atoms with Gasteiger partial charge in [0.15, 0.2) is 6.29 Å². The van der Waals surface area contributed by atoms with Gasteiger partial charge < -0.3 is 4.90 Å². The molecular weight excluding hydrogens is 258 g/mol. The Morgan fingerprint density at radius 2 is 1.95 bits per heavy atom. The summed E-state index contributed by atoms with van der Waals surface area (Å²) in [7, 11) is 0. The predicted octanol–water partition coefficient (Wildman–Crippen LogP) is 4.31. The van der Waals surface area contributed by atoms with Gasteiger partial charge in [0.25, 0.3) is 0 Å². The van der Waals surface area contributed by atoms with Gasteiger partial charge in [0.2, 0.25) is 0 Å². The monoisotopic (exact) mass is 277 g/mol. The minimum Gasteiger partial charge on any atom is -0.368 e. The molecule has 2 fully saturated rings. The summed E-state index contributed by atoms with van der Waals surface area (Å²) in [4.78, 5) is 13.4. The molecule has 102 valence electrons. The molecule has 0 spiro atoms. The van der Waals surface area contributed by atoms with E-state index in [-0.39, 0.29) is 0 Å². The van der Waals surface area contributed by atoms with Crippen LogP contribution in [0.3, 0.4) is 0 Å². The zero-order valence-electron chi connectivity index (χ0n) is 11.1. The van der Waals surface area contributed by atoms with Gasteiger partial charge in [-0.3, -0.25) is 4.79 Å². The Labute approximate surface area is 119 Å². The smallest absolute Gasteiger partial charge is 0.151 e. The maximum atomic E-state index is 10.8. The molecule has 3 heteroatoms. The number of piperidine rings is 1. The van der Waals surface area contributed by atoms with Crippen LogP contribution < -0.4 is 4.90 Å². The van der Waals surface area contributed by atoms with Crippen LogP contribution in [0.4, 0.5) is 5.69 Å². The SMILES string of the molecule is O=Cc1ccc(N2CCC[C@H]3CCCC[C@H]32)cc1Cl. The van der Waals surface area contributed by atoms with Gasteiger partial charge in [-0.05, 0) is 49.8 Å². The van der Waals surface area contributed by atoms with Crippen molar-refractivity contribution in [3.05, 3.63) is 28.8 Å². The molecule has 1 aromatic carbocycles. The summed E-state index contributed by atoms with van der Waals surface area (Å²) in [6.07, 6.45) is 8.89. The van der Waals surface area contributed by atoms with Gasteiger partial charge in [0.05, 0.1) is 5.02 Å². The standard InChI is InChI=1S/C16H20ClNO/c17-15-10-14(8-7-13(15)11-19)18-9-3-5-12-4-1-2-6-16(12)18/h7-8,10-12,16H,1-6,9H2/t12-,16-/m1/s1. The Kier molecular flexibility index (Phi) is 3.79. The highest BCUT2D eigenvalue weighted by Crippen LogP contribution is 2.38. The fourth-order valence-corrected chi connectivity index (χ4v) is 3.95. The van der Waals surface area contributed by atoms with Gasteiger partial charge in [-0.25, -0.2) is 0 Å². The lowest BCUT2D eigenvalue weighted by Gasteiger charge is -2.45. The summed E-state index contributed by atoms with van der Waals surface area (Å²) in [6, 6.07) is 6.53. The molecule has 2 atom stereocenters. The van der Waals surface area contributed by atoms with E-state index in [9.17, 15) is 4.79 Å². The minimum atomic E-state index is 0.574. The average molecular weight is 278 g/mol. The van der Waals surface area contributed by atoms with E-state index in [0.717, 1.165) is 18.7 Å². The fourth-order valence-electron chi connectivity index (χ4n) is 3.74. The lowest BCUT2D eigenvalue weighted by molar-refractivity contribution is 0.112. The predicted molar refractivity (Wildman–Crippen MR) is 79.2 cm³/mol. The van der Waals surface area contributed by atoms with Gasteiger partial charge in [-0.2, -0.15) is 0 Å². The van der Waals surface area contributed by atoms with Crippen LogP contribution in [0.1, 0.15) is 48.9 Å². The Morgan fingerprint density at radius 1 is 1.16 bits per heavy atom. The van der Waals surface area contributed by atoms with Crippen LogP contribution in [-0.2, 0) is 0 Å². The Balaban J connectivity index is 1.87. The Bertz CT molecular complexity index is 472. The number of hydrogen-bond acceptors (Lipinski definition) is 2. The first-order chi connectivity index (χ1) is 9.29. The van der Waals surface area contributed by atoms with Crippen molar-refractivity contribution in [3.8, 4) is 0 Å². The molecule has 1 aliphatic carbocycles. The number of carbonyl (C=O) groups excluding carboxylic acids is 1. The third-order valence-corrected chi connectivity index (χ3v) is 5.01. The van der Waals surface area contributed by atoms with Crippen LogP contribution in [0, 0.1) is 5.92 Å². The number of carbonyl (C=O) groups is 1. The average Bonchev–Trinajstić information content (AvgIpc) is 2.46. The number of hydrogen-bond donors (Lipinski definition) is 0. The van der Waals surface area contributed by atoms with Crippen molar-refractivity contribution in [2.24, 2.45) is 5.92 Å². The van der Waals surface area contributed by atoms with E-state index in [1.54, 1.807) is 0 Å². The molecule has 0 bridgehead atoms. The van der Waals surface area contributed by atoms with Crippen LogP contribution in [0.2, 0.25) is 5.02 Å². The van der Waals surface area contributed by atoms with Crippen molar-refractivity contribution < 1.29 is 4.79 Å². The van der Waals surface area contributed by atoms with Crippen molar-refractivity contribution in [2.45, 2.75) is 44.6 Å². The molecule has 1 heterocycles. The number of benzene rings is 1. The van der Waals surface area contributed by atoms with Crippen LogP contribution in [-0.4, -0.2) is 18.9 Å². The molecule has 2 aliphatic rings. The van der Waals surface area contributed by atoms with Gasteiger partial charge >= 0.3 is 0 Å². The summed E-state index contributed by atoms with van der Waals surface area (Å²) in [5.41, 5.74) is 1.77. The van der Waals surface area contributed by atoms with Gasteiger partial charge in [-0.1, -0.05) is 24.4 Å². The third kappa shape index (κ3) is 2.51. The molecular formula is C16H20ClNO. The van der Waals surface area contributed by atoms with Crippen molar-refractivity contribution in [1.82, 2.24) is 0 Å². The second-order valence-corrected chi connectivity index (χ2v) is 6.18. The number of fused-ring (bicyclic) bond motifs is 1. The van der Waals surface area contributed by atoms with Crippen molar-refractivity contribution >= 4 is 23.6 Å². The van der Waals surface area contributed by atoms with Gasteiger partial charge in [0.1, 0.15) is 0 Å². The van der Waals surface area contributed by atoms with E-state index in [1.165, 1.54) is 44.2 Å². The number of nitrogens with zero attached hydrogens (tertiary/aromatic N) is 1. The fraction of sp³-hybridized carbons (Fsp3) is 0.562. The number of rotatable bonds is 2. The zero-order valence-corrected chi connectivity index (χ0v) is 11.9. The second kappa shape index (κ2) is 5.54. The molecule has 1 aromatic rings. The number of anilines is 1. The lowest BCUT2D eigenvalue weighted by atomic mass is 9.78. The zero-order chi connectivity index (χ0) is 13.2. The largest absolute Gasteiger partial charge is 0.368 e. The Morgan fingerprint density at radius 3 is 2.74 bits per heavy atom. The van der Waals surface area contributed by atoms with E-state index in [4.69, 9.17) is 11.6 Å². The van der Waals surface area contributed by atoms with Gasteiger partial charge in [-0.15, -0.1) is 0 Å². The maximum absolute atomic E-state index is 10.8. The first-order valence-electron chi connectivity index (χ1n) is 7.31. The normalized spacial score (nSPS) is 26.9. The topological polar surface area (TPSA) is 20.3 Å². The number of halogens is 1. The summed E-state index contributed by atoms with van der Waals surface area (Å²) in [6.45, 7) is 1.12. The molecule has 0 amide bonds. The molecule has 0 aromatic heterocycles. The van der Waals surface area contributed by atoms with Crippen LogP contribution in [0.5, 0.6) is 0 Å². The molecule has 0 unspecified atom stereocenters. The number of aldehydes is 1. The van der Waals surface area contributed by atoms with E-state index in [2.05, 4.69) is 4.90 Å². The van der Waals surface area contributed by atoms with Gasteiger partial charge in [0, 0.05) is 23.8 Å². The van der Waals surface area contributed by atoms with E-state index >= 15 is 0 Å². The minimum absolute atomic E-state index is 0.574. The van der Waals surface area contributed by atoms with Crippen LogP contribution in [0.25, 0.3) is 0 Å². The summed E-state index contributed by atoms with van der Waals surface area (Å²) in [5, 5.41) is 0.574. The lowest BCUT2D eigenvalue weighted by Crippen LogP contribution is -2.46. The summed E-state index contributed by atoms with van der Waals surface area (Å²) in [5.74, 6) is 0.854. The summed E-state index contributed by atoms with van der Waals surface area (Å²) < 4.78 is 0. The molecule has 1 saturated heterocycles. The summed E-state index contributed by atoms with van der Waals surface area (Å²) >= 11 is 6.17. The van der Waals surface area contributed by atoms with Crippen molar-refractivity contribution in [1.29, 1.82) is 0 Å². The Hall–Kier alpha value is -1.02. The first-order valence-corrected chi connectivity index (χ1v) is 7.69. The molecule has 19 heavy (non-hydrogen) atoms. The van der Waals surface area contributed by atoms with E-state index in [1.807, 2.05) is 18.2 Å². The molecule has 1 aliphatic heterocycles. The van der Waals surface area contributed by atoms with E-state index in [0.29, 0.717) is 16.6 Å². The first kappa shape index (κ1) is 13.0. The van der Waals surface area contributed by atoms with Crippen molar-refractivity contribution in [3.63, 3.8) is 0 Å². The molecule has 0 radical (unpaired) electrons. The quantitative estimate of drug-likeness (QED) is 0.751. The second-order valence-electron chi connectivity index (χ2n) is 5.77. The highest BCUT2D eigenvalue weighted by Gasteiger charge is 2.33. The van der Waals surface area contributed by atoms with E-state index < -0.39 is 0 Å². The highest BCUT2D eigenvalue weighted by atomic mass is 35.5. The molecule has 2 nitrogen and oxygen atoms in total. The highest BCUT2D eigenvalue weighted by molar-refractivity contribution is 6.33. The maximum Gasteiger partial charge on any atom is 0.151 e. The van der Waals surface area contributed by atoms with Crippen LogP contribution in [0.15, 0.2) is 18.2 Å². The van der Waals surface area contributed by atoms with Crippen LogP contribution >= 0.6 is 11.6 Å². The molecule has 1 saturated carbocycles. The van der Waals surface area contributed by atoms with Crippen molar-refractivity contribution in [2.75, 3.05) is 11.4 Å².